The van der Waals surface area contributed by atoms with E-state index < -0.39 is 16.1 Å². The van der Waals surface area contributed by atoms with E-state index in [9.17, 15) is 13.2 Å². The van der Waals surface area contributed by atoms with Crippen molar-refractivity contribution in [3.63, 3.8) is 0 Å². The van der Waals surface area contributed by atoms with Gasteiger partial charge in [0.1, 0.15) is 0 Å². The van der Waals surface area contributed by atoms with E-state index in [1.807, 2.05) is 20.8 Å². The van der Waals surface area contributed by atoms with E-state index >= 15 is 0 Å². The molecule has 7 heteroatoms. The fraction of sp³-hybridized carbons (Fsp3) is 0.417. The zero-order valence-electron chi connectivity index (χ0n) is 11.2. The molecule has 0 aliphatic carbocycles. The van der Waals surface area contributed by atoms with Crippen molar-refractivity contribution in [1.82, 2.24) is 0 Å². The van der Waals surface area contributed by atoms with Gasteiger partial charge in [-0.05, 0) is 29.7 Å². The summed E-state index contributed by atoms with van der Waals surface area (Å²) in [6.45, 7) is 5.59. The highest BCUT2D eigenvalue weighted by molar-refractivity contribution is 7.89. The number of nitrogens with one attached hydrogen (secondary N) is 1. The number of carbonyl (C=O) groups is 1. The predicted molar refractivity (Wildman–Crippen MR) is 73.9 cm³/mol. The standard InChI is InChI=1S/C12H19N3O3S/c1-12(2,3)10(13)11(16)15-8-4-6-9(7-5-8)19(14,17)18/h4-7,10H,13H2,1-3H3,(H,15,16)(H2,14,17,18)/t10-/m0/s1. The summed E-state index contributed by atoms with van der Waals surface area (Å²) in [4.78, 5) is 11.9. The Balaban J connectivity index is 2.82. The third-order valence-corrected chi connectivity index (χ3v) is 3.60. The highest BCUT2D eigenvalue weighted by atomic mass is 32.2. The smallest absolute Gasteiger partial charge is 0.241 e. The SMILES string of the molecule is CC(C)(C)[C@@H](N)C(=O)Nc1ccc(S(N)(=O)=O)cc1. The summed E-state index contributed by atoms with van der Waals surface area (Å²) in [5.41, 5.74) is 5.93. The molecule has 0 saturated carbocycles. The molecule has 0 radical (unpaired) electrons. The first kappa shape index (κ1) is 15.6. The van der Waals surface area contributed by atoms with Gasteiger partial charge in [-0.3, -0.25) is 4.79 Å². The lowest BCUT2D eigenvalue weighted by atomic mass is 9.87. The highest BCUT2D eigenvalue weighted by Gasteiger charge is 2.27. The van der Waals surface area contributed by atoms with E-state index in [1.54, 1.807) is 0 Å². The average molecular weight is 285 g/mol. The molecule has 1 amide bonds. The molecule has 19 heavy (non-hydrogen) atoms. The molecule has 1 aromatic carbocycles. The predicted octanol–water partition coefficient (Wildman–Crippen LogP) is 0.646. The van der Waals surface area contributed by atoms with Crippen molar-refractivity contribution in [3.05, 3.63) is 24.3 Å². The molecule has 1 aromatic rings. The number of benzene rings is 1. The maximum Gasteiger partial charge on any atom is 0.241 e. The molecule has 1 rings (SSSR count). The van der Waals surface area contributed by atoms with Gasteiger partial charge in [-0.15, -0.1) is 0 Å². The van der Waals surface area contributed by atoms with Crippen molar-refractivity contribution < 1.29 is 13.2 Å². The lowest BCUT2D eigenvalue weighted by Crippen LogP contribution is -2.45. The van der Waals surface area contributed by atoms with Gasteiger partial charge in [0, 0.05) is 5.69 Å². The molecule has 0 aliphatic heterocycles. The molecule has 0 aliphatic rings. The van der Waals surface area contributed by atoms with E-state index in [2.05, 4.69) is 5.32 Å². The van der Waals surface area contributed by atoms with Crippen LogP contribution in [0.25, 0.3) is 0 Å². The number of sulfonamides is 1. The summed E-state index contributed by atoms with van der Waals surface area (Å²) in [6.07, 6.45) is 0. The molecule has 0 heterocycles. The molecule has 1 atom stereocenters. The van der Waals surface area contributed by atoms with Crippen LogP contribution in [0.15, 0.2) is 29.2 Å². The molecule has 0 aromatic heterocycles. The summed E-state index contributed by atoms with van der Waals surface area (Å²) in [5, 5.41) is 7.61. The number of rotatable bonds is 3. The fourth-order valence-electron chi connectivity index (χ4n) is 1.34. The molecule has 0 saturated heterocycles. The van der Waals surface area contributed by atoms with E-state index in [1.165, 1.54) is 24.3 Å². The van der Waals surface area contributed by atoms with Gasteiger partial charge in [-0.2, -0.15) is 0 Å². The Hall–Kier alpha value is -1.44. The van der Waals surface area contributed by atoms with Gasteiger partial charge in [0.2, 0.25) is 15.9 Å². The van der Waals surface area contributed by atoms with Gasteiger partial charge >= 0.3 is 0 Å². The third-order valence-electron chi connectivity index (χ3n) is 2.67. The zero-order chi connectivity index (χ0) is 14.8. The lowest BCUT2D eigenvalue weighted by molar-refractivity contribution is -0.119. The Morgan fingerprint density at radius 1 is 1.21 bits per heavy atom. The molecule has 5 N–H and O–H groups in total. The molecule has 0 spiro atoms. The summed E-state index contributed by atoms with van der Waals surface area (Å²) in [5.74, 6) is -0.323. The number of hydrogen-bond donors (Lipinski definition) is 3. The van der Waals surface area contributed by atoms with Crippen molar-refractivity contribution >= 4 is 21.6 Å². The molecular formula is C12H19N3O3S. The first-order valence-corrected chi connectivity index (χ1v) is 7.26. The lowest BCUT2D eigenvalue weighted by Gasteiger charge is -2.25. The number of nitrogens with two attached hydrogens (primary N) is 2. The van der Waals surface area contributed by atoms with Gasteiger partial charge < -0.3 is 11.1 Å². The second-order valence-corrected chi connectivity index (χ2v) is 6.96. The van der Waals surface area contributed by atoms with Crippen LogP contribution < -0.4 is 16.2 Å². The molecule has 6 nitrogen and oxygen atoms in total. The first-order chi connectivity index (χ1) is 8.51. The number of primary sulfonamides is 1. The van der Waals surface area contributed by atoms with Crippen molar-refractivity contribution in [2.75, 3.05) is 5.32 Å². The van der Waals surface area contributed by atoms with Gasteiger partial charge in [0.15, 0.2) is 0 Å². The summed E-state index contributed by atoms with van der Waals surface area (Å²) >= 11 is 0. The first-order valence-electron chi connectivity index (χ1n) is 5.71. The van der Waals surface area contributed by atoms with Crippen LogP contribution in [0.5, 0.6) is 0 Å². The Morgan fingerprint density at radius 2 is 1.68 bits per heavy atom. The number of carbonyl (C=O) groups excluding carboxylic acids is 1. The van der Waals surface area contributed by atoms with Crippen LogP contribution in [-0.4, -0.2) is 20.4 Å². The van der Waals surface area contributed by atoms with E-state index in [0.717, 1.165) is 0 Å². The summed E-state index contributed by atoms with van der Waals surface area (Å²) < 4.78 is 22.2. The average Bonchev–Trinajstić information content (AvgIpc) is 2.26. The zero-order valence-corrected chi connectivity index (χ0v) is 12.0. The molecular weight excluding hydrogens is 266 g/mol. The Labute approximate surface area is 113 Å². The number of amides is 1. The van der Waals surface area contributed by atoms with Crippen molar-refractivity contribution in [2.45, 2.75) is 31.7 Å². The minimum Gasteiger partial charge on any atom is -0.325 e. The highest BCUT2D eigenvalue weighted by Crippen LogP contribution is 2.19. The van der Waals surface area contributed by atoms with Crippen LogP contribution in [0, 0.1) is 5.41 Å². The monoisotopic (exact) mass is 285 g/mol. The molecule has 106 valence electrons. The minimum absolute atomic E-state index is 0.00869. The largest absolute Gasteiger partial charge is 0.325 e. The van der Waals surface area contributed by atoms with Crippen LogP contribution in [-0.2, 0) is 14.8 Å². The van der Waals surface area contributed by atoms with Gasteiger partial charge in [-0.25, -0.2) is 13.6 Å². The fourth-order valence-corrected chi connectivity index (χ4v) is 1.86. The van der Waals surface area contributed by atoms with Crippen molar-refractivity contribution in [2.24, 2.45) is 16.3 Å². The maximum absolute atomic E-state index is 11.9. The molecule has 0 bridgehead atoms. The topological polar surface area (TPSA) is 115 Å². The molecule has 0 fully saturated rings. The van der Waals surface area contributed by atoms with Crippen LogP contribution in [0.3, 0.4) is 0 Å². The van der Waals surface area contributed by atoms with Crippen molar-refractivity contribution in [3.8, 4) is 0 Å². The third kappa shape index (κ3) is 4.30. The number of anilines is 1. The second kappa shape index (κ2) is 5.28. The van der Waals surface area contributed by atoms with Crippen LogP contribution in [0.4, 0.5) is 5.69 Å². The minimum atomic E-state index is -3.73. The van der Waals surface area contributed by atoms with Crippen LogP contribution in [0.1, 0.15) is 20.8 Å². The van der Waals surface area contributed by atoms with E-state index in [-0.39, 0.29) is 16.2 Å². The van der Waals surface area contributed by atoms with Gasteiger partial charge in [0.25, 0.3) is 0 Å². The number of hydrogen-bond acceptors (Lipinski definition) is 4. The van der Waals surface area contributed by atoms with Crippen molar-refractivity contribution in [1.29, 1.82) is 0 Å². The Bertz CT molecular complexity index is 559. The summed E-state index contributed by atoms with van der Waals surface area (Å²) in [7, 11) is -3.73. The normalized spacial score (nSPS) is 13.9. The molecule has 0 unspecified atom stereocenters. The quantitative estimate of drug-likeness (QED) is 0.756. The van der Waals surface area contributed by atoms with Crippen LogP contribution >= 0.6 is 0 Å². The van der Waals surface area contributed by atoms with Gasteiger partial charge in [0.05, 0.1) is 10.9 Å². The van der Waals surface area contributed by atoms with E-state index in [0.29, 0.717) is 5.69 Å². The van der Waals surface area contributed by atoms with E-state index in [4.69, 9.17) is 10.9 Å². The second-order valence-electron chi connectivity index (χ2n) is 5.40. The van der Waals surface area contributed by atoms with Crippen LogP contribution in [0.2, 0.25) is 0 Å². The Kier molecular flexibility index (Phi) is 4.34. The Morgan fingerprint density at radius 3 is 2.05 bits per heavy atom. The maximum atomic E-state index is 11.9. The summed E-state index contributed by atoms with van der Waals surface area (Å²) in [6, 6.07) is 4.92. The van der Waals surface area contributed by atoms with Gasteiger partial charge in [-0.1, -0.05) is 20.8 Å².